The lowest BCUT2D eigenvalue weighted by Gasteiger charge is -2.19. The summed E-state index contributed by atoms with van der Waals surface area (Å²) in [6, 6.07) is 13.4. The molecule has 1 aliphatic heterocycles. The highest BCUT2D eigenvalue weighted by Crippen LogP contribution is 2.28. The molecule has 1 aliphatic rings. The Hall–Kier alpha value is -2.69. The number of para-hydroxylation sites is 1. The number of hydrogen-bond donors (Lipinski definition) is 1. The molecule has 3 rings (SSSR count). The Bertz CT molecular complexity index is 715. The second kappa shape index (κ2) is 6.60. The molecule has 2 aromatic rings. The SMILES string of the molecule is COc1ccc(OC)c(CNC(=O)N2CCc3ccccc32)c1. The van der Waals surface area contributed by atoms with E-state index in [0.29, 0.717) is 13.1 Å². The van der Waals surface area contributed by atoms with Crippen LogP contribution >= 0.6 is 0 Å². The first-order chi connectivity index (χ1) is 11.2. The zero-order chi connectivity index (χ0) is 16.2. The number of ether oxygens (including phenoxy) is 2. The van der Waals surface area contributed by atoms with Crippen LogP contribution in [-0.4, -0.2) is 26.8 Å². The summed E-state index contributed by atoms with van der Waals surface area (Å²) in [7, 11) is 3.23. The molecular formula is C18H20N2O3. The lowest BCUT2D eigenvalue weighted by molar-refractivity contribution is 0.246. The number of methoxy groups -OCH3 is 2. The molecule has 120 valence electrons. The molecule has 23 heavy (non-hydrogen) atoms. The van der Waals surface area contributed by atoms with Crippen LogP contribution in [0.2, 0.25) is 0 Å². The van der Waals surface area contributed by atoms with Crippen LogP contribution in [0.15, 0.2) is 42.5 Å². The highest BCUT2D eigenvalue weighted by atomic mass is 16.5. The van der Waals surface area contributed by atoms with Gasteiger partial charge in [-0.15, -0.1) is 0 Å². The van der Waals surface area contributed by atoms with E-state index >= 15 is 0 Å². The van der Waals surface area contributed by atoms with Crippen molar-refractivity contribution >= 4 is 11.7 Å². The molecule has 0 bridgehead atoms. The zero-order valence-corrected chi connectivity index (χ0v) is 13.3. The predicted molar refractivity (Wildman–Crippen MR) is 89.3 cm³/mol. The fourth-order valence-corrected chi connectivity index (χ4v) is 2.84. The third-order valence-electron chi connectivity index (χ3n) is 4.05. The normalized spacial score (nSPS) is 12.7. The van der Waals surface area contributed by atoms with Crippen LogP contribution in [0.3, 0.4) is 0 Å². The molecule has 0 fully saturated rings. The number of amides is 2. The highest BCUT2D eigenvalue weighted by molar-refractivity contribution is 5.94. The quantitative estimate of drug-likeness (QED) is 0.944. The molecular weight excluding hydrogens is 292 g/mol. The maximum absolute atomic E-state index is 12.5. The van der Waals surface area contributed by atoms with E-state index in [4.69, 9.17) is 9.47 Å². The average molecular weight is 312 g/mol. The van der Waals surface area contributed by atoms with Crippen LogP contribution in [-0.2, 0) is 13.0 Å². The van der Waals surface area contributed by atoms with Gasteiger partial charge in [0.1, 0.15) is 11.5 Å². The van der Waals surface area contributed by atoms with Crippen molar-refractivity contribution in [2.24, 2.45) is 0 Å². The van der Waals surface area contributed by atoms with Gasteiger partial charge in [-0.25, -0.2) is 4.79 Å². The van der Waals surface area contributed by atoms with Gasteiger partial charge >= 0.3 is 6.03 Å². The molecule has 1 N–H and O–H groups in total. The largest absolute Gasteiger partial charge is 0.497 e. The van der Waals surface area contributed by atoms with Crippen molar-refractivity contribution in [1.29, 1.82) is 0 Å². The summed E-state index contributed by atoms with van der Waals surface area (Å²) in [6.45, 7) is 1.10. The molecule has 5 heteroatoms. The standard InChI is InChI=1S/C18H20N2O3/c1-22-15-7-8-17(23-2)14(11-15)12-19-18(21)20-10-9-13-5-3-4-6-16(13)20/h3-8,11H,9-10,12H2,1-2H3,(H,19,21). The van der Waals surface area contributed by atoms with Gasteiger partial charge in [-0.2, -0.15) is 0 Å². The number of rotatable bonds is 4. The highest BCUT2D eigenvalue weighted by Gasteiger charge is 2.23. The number of hydrogen-bond acceptors (Lipinski definition) is 3. The molecule has 0 unspecified atom stereocenters. The topological polar surface area (TPSA) is 50.8 Å². The Labute approximate surface area is 135 Å². The van der Waals surface area contributed by atoms with Gasteiger partial charge in [-0.1, -0.05) is 18.2 Å². The Morgan fingerprint density at radius 3 is 2.78 bits per heavy atom. The van der Waals surface area contributed by atoms with Gasteiger partial charge in [0.25, 0.3) is 0 Å². The first-order valence-corrected chi connectivity index (χ1v) is 7.57. The van der Waals surface area contributed by atoms with Crippen molar-refractivity contribution in [1.82, 2.24) is 5.32 Å². The fourth-order valence-electron chi connectivity index (χ4n) is 2.84. The first-order valence-electron chi connectivity index (χ1n) is 7.57. The minimum atomic E-state index is -0.0974. The van der Waals surface area contributed by atoms with E-state index in [1.807, 2.05) is 36.4 Å². The summed E-state index contributed by atoms with van der Waals surface area (Å²) < 4.78 is 10.6. The second-order valence-corrected chi connectivity index (χ2v) is 5.37. The van der Waals surface area contributed by atoms with E-state index < -0.39 is 0 Å². The van der Waals surface area contributed by atoms with E-state index in [9.17, 15) is 4.79 Å². The summed E-state index contributed by atoms with van der Waals surface area (Å²) in [6.07, 6.45) is 0.895. The monoisotopic (exact) mass is 312 g/mol. The molecule has 1 heterocycles. The van der Waals surface area contributed by atoms with Crippen molar-refractivity contribution in [3.8, 4) is 11.5 Å². The average Bonchev–Trinajstić information content (AvgIpc) is 3.03. The molecule has 5 nitrogen and oxygen atoms in total. The van der Waals surface area contributed by atoms with Gasteiger partial charge in [0.15, 0.2) is 0 Å². The van der Waals surface area contributed by atoms with Gasteiger partial charge in [0, 0.05) is 24.3 Å². The van der Waals surface area contributed by atoms with Crippen LogP contribution in [0.1, 0.15) is 11.1 Å². The van der Waals surface area contributed by atoms with Gasteiger partial charge in [-0.3, -0.25) is 4.90 Å². The number of carbonyl (C=O) groups excluding carboxylic acids is 1. The summed E-state index contributed by atoms with van der Waals surface area (Å²) in [5.74, 6) is 1.47. The van der Waals surface area contributed by atoms with E-state index in [2.05, 4.69) is 11.4 Å². The van der Waals surface area contributed by atoms with Crippen molar-refractivity contribution in [3.63, 3.8) is 0 Å². The summed E-state index contributed by atoms with van der Waals surface area (Å²) in [5, 5.41) is 2.96. The third-order valence-corrected chi connectivity index (χ3v) is 4.05. The van der Waals surface area contributed by atoms with Crippen molar-refractivity contribution in [2.75, 3.05) is 25.7 Å². The van der Waals surface area contributed by atoms with E-state index in [1.165, 1.54) is 5.56 Å². The molecule has 0 aromatic heterocycles. The maximum atomic E-state index is 12.5. The minimum Gasteiger partial charge on any atom is -0.497 e. The molecule has 0 radical (unpaired) electrons. The fraction of sp³-hybridized carbons (Fsp3) is 0.278. The van der Waals surface area contributed by atoms with Gasteiger partial charge in [-0.05, 0) is 36.2 Å². The molecule has 0 aliphatic carbocycles. The first kappa shape index (κ1) is 15.2. The van der Waals surface area contributed by atoms with Crippen molar-refractivity contribution in [3.05, 3.63) is 53.6 Å². The minimum absolute atomic E-state index is 0.0974. The number of nitrogens with one attached hydrogen (secondary N) is 1. The summed E-state index contributed by atoms with van der Waals surface area (Å²) in [5.41, 5.74) is 3.08. The number of fused-ring (bicyclic) bond motifs is 1. The molecule has 2 aromatic carbocycles. The van der Waals surface area contributed by atoms with E-state index in [1.54, 1.807) is 19.1 Å². The van der Waals surface area contributed by atoms with E-state index in [-0.39, 0.29) is 6.03 Å². The lowest BCUT2D eigenvalue weighted by Crippen LogP contribution is -2.38. The Balaban J connectivity index is 1.71. The summed E-state index contributed by atoms with van der Waals surface area (Å²) in [4.78, 5) is 14.3. The van der Waals surface area contributed by atoms with Crippen LogP contribution in [0.5, 0.6) is 11.5 Å². The molecule has 0 saturated heterocycles. The smallest absolute Gasteiger partial charge is 0.322 e. The Kier molecular flexibility index (Phi) is 4.37. The molecule has 2 amide bonds. The number of nitrogens with zero attached hydrogens (tertiary/aromatic N) is 1. The lowest BCUT2D eigenvalue weighted by atomic mass is 10.2. The number of urea groups is 1. The van der Waals surface area contributed by atoms with E-state index in [0.717, 1.165) is 29.2 Å². The molecule has 0 spiro atoms. The Morgan fingerprint density at radius 2 is 2.00 bits per heavy atom. The van der Waals surface area contributed by atoms with Crippen LogP contribution in [0.25, 0.3) is 0 Å². The predicted octanol–water partition coefficient (Wildman–Crippen LogP) is 2.98. The Morgan fingerprint density at radius 1 is 1.17 bits per heavy atom. The van der Waals surface area contributed by atoms with Crippen LogP contribution < -0.4 is 19.7 Å². The van der Waals surface area contributed by atoms with Crippen LogP contribution in [0.4, 0.5) is 10.5 Å². The number of carbonyl (C=O) groups is 1. The van der Waals surface area contributed by atoms with Crippen molar-refractivity contribution < 1.29 is 14.3 Å². The second-order valence-electron chi connectivity index (χ2n) is 5.37. The third kappa shape index (κ3) is 3.08. The number of benzene rings is 2. The summed E-state index contributed by atoms with van der Waals surface area (Å²) >= 11 is 0. The zero-order valence-electron chi connectivity index (χ0n) is 13.3. The van der Waals surface area contributed by atoms with Crippen LogP contribution in [0, 0.1) is 0 Å². The molecule has 0 atom stereocenters. The van der Waals surface area contributed by atoms with Gasteiger partial charge in [0.05, 0.1) is 14.2 Å². The van der Waals surface area contributed by atoms with Gasteiger partial charge < -0.3 is 14.8 Å². The van der Waals surface area contributed by atoms with Gasteiger partial charge in [0.2, 0.25) is 0 Å². The van der Waals surface area contributed by atoms with Crippen molar-refractivity contribution in [2.45, 2.75) is 13.0 Å². The molecule has 0 saturated carbocycles. The number of anilines is 1. The maximum Gasteiger partial charge on any atom is 0.322 e.